The number of carbonyl (C=O) groups excluding carboxylic acids is 1. The molecule has 1 aliphatic carbocycles. The fourth-order valence-corrected chi connectivity index (χ4v) is 3.18. The molecule has 1 aromatic carbocycles. The zero-order valence-electron chi connectivity index (χ0n) is 13.1. The number of hydrogen-bond acceptors (Lipinski definition) is 3. The average molecular weight is 338 g/mol. The maximum atomic E-state index is 13.1. The first-order valence-corrected chi connectivity index (χ1v) is 8.02. The summed E-state index contributed by atoms with van der Waals surface area (Å²) in [5.74, 6) is -3.76. The van der Waals surface area contributed by atoms with Gasteiger partial charge in [-0.25, -0.2) is 13.6 Å². The highest BCUT2D eigenvalue weighted by Crippen LogP contribution is 2.30. The van der Waals surface area contributed by atoms with E-state index in [4.69, 9.17) is 5.73 Å². The molecule has 4 N–H and O–H groups in total. The molecule has 0 radical (unpaired) electrons. The van der Waals surface area contributed by atoms with E-state index >= 15 is 0 Å². The van der Waals surface area contributed by atoms with Crippen LogP contribution in [0.25, 0.3) is 11.0 Å². The number of halogens is 2. The molecule has 8 heteroatoms. The largest absolute Gasteiger partial charge is 0.346 e. The summed E-state index contributed by atoms with van der Waals surface area (Å²) in [6.07, 6.45) is 4.12. The van der Waals surface area contributed by atoms with Crippen LogP contribution in [0.4, 0.5) is 8.78 Å². The number of nitrogens with two attached hydrogens (primary N) is 1. The molecule has 0 unspecified atom stereocenters. The number of aromatic amines is 1. The van der Waals surface area contributed by atoms with Gasteiger partial charge < -0.3 is 16.0 Å². The highest BCUT2D eigenvalue weighted by Gasteiger charge is 2.27. The van der Waals surface area contributed by atoms with E-state index in [9.17, 15) is 18.4 Å². The number of fused-ring (bicyclic) bond motifs is 1. The Morgan fingerprint density at radius 3 is 2.75 bits per heavy atom. The number of nitrogens with zero attached hydrogens (tertiary/aromatic N) is 1. The van der Waals surface area contributed by atoms with E-state index < -0.39 is 24.9 Å². The van der Waals surface area contributed by atoms with Crippen molar-refractivity contribution in [1.29, 1.82) is 0 Å². The Bertz CT molecular complexity index is 806. The molecule has 0 aliphatic heterocycles. The molecule has 1 fully saturated rings. The van der Waals surface area contributed by atoms with Crippen LogP contribution in [0, 0.1) is 0 Å². The van der Waals surface area contributed by atoms with Gasteiger partial charge >= 0.3 is 5.69 Å². The minimum atomic E-state index is -3.14. The number of benzene rings is 1. The third-order valence-corrected chi connectivity index (χ3v) is 4.47. The van der Waals surface area contributed by atoms with Gasteiger partial charge in [0.1, 0.15) is 0 Å². The van der Waals surface area contributed by atoms with Gasteiger partial charge in [-0.15, -0.1) is 0 Å². The number of nitrogens with one attached hydrogen (secondary N) is 2. The molecule has 1 heterocycles. The Morgan fingerprint density at radius 2 is 2.08 bits per heavy atom. The lowest BCUT2D eigenvalue weighted by atomic mass is 10.1. The van der Waals surface area contributed by atoms with Crippen molar-refractivity contribution in [2.45, 2.75) is 37.6 Å². The fourth-order valence-electron chi connectivity index (χ4n) is 3.18. The van der Waals surface area contributed by atoms with Crippen molar-refractivity contribution in [3.05, 3.63) is 34.2 Å². The normalized spacial score (nSPS) is 16.0. The van der Waals surface area contributed by atoms with Crippen LogP contribution in [0.15, 0.2) is 23.0 Å². The molecule has 0 spiro atoms. The molecule has 0 saturated heterocycles. The van der Waals surface area contributed by atoms with Crippen LogP contribution in [-0.4, -0.2) is 34.5 Å². The highest BCUT2D eigenvalue weighted by molar-refractivity contribution is 5.97. The Hall–Kier alpha value is -2.22. The lowest BCUT2D eigenvalue weighted by Crippen LogP contribution is -2.41. The third kappa shape index (κ3) is 3.19. The zero-order chi connectivity index (χ0) is 17.3. The second-order valence-electron chi connectivity index (χ2n) is 6.21. The van der Waals surface area contributed by atoms with Crippen molar-refractivity contribution in [3.8, 4) is 0 Å². The van der Waals surface area contributed by atoms with Gasteiger partial charge in [-0.3, -0.25) is 9.36 Å². The van der Waals surface area contributed by atoms with E-state index in [1.807, 2.05) is 0 Å². The predicted molar refractivity (Wildman–Crippen MR) is 86.4 cm³/mol. The summed E-state index contributed by atoms with van der Waals surface area (Å²) in [7, 11) is 0. The molecule has 6 nitrogen and oxygen atoms in total. The quantitative estimate of drug-likeness (QED) is 0.776. The van der Waals surface area contributed by atoms with Crippen LogP contribution in [0.3, 0.4) is 0 Å². The zero-order valence-corrected chi connectivity index (χ0v) is 13.1. The summed E-state index contributed by atoms with van der Waals surface area (Å²) in [4.78, 5) is 27.0. The van der Waals surface area contributed by atoms with Crippen molar-refractivity contribution < 1.29 is 13.6 Å². The molecule has 130 valence electrons. The number of alkyl halides is 2. The molecule has 1 amide bonds. The van der Waals surface area contributed by atoms with Gasteiger partial charge in [-0.1, -0.05) is 12.8 Å². The lowest BCUT2D eigenvalue weighted by molar-refractivity contribution is 0.0118. The minimum absolute atomic E-state index is 0.175. The Labute approximate surface area is 137 Å². The lowest BCUT2D eigenvalue weighted by Gasteiger charge is -2.14. The fraction of sp³-hybridized carbons (Fsp3) is 0.500. The number of amides is 1. The van der Waals surface area contributed by atoms with Gasteiger partial charge in [-0.2, -0.15) is 0 Å². The molecule has 1 saturated carbocycles. The number of aromatic nitrogens is 2. The van der Waals surface area contributed by atoms with Gasteiger partial charge in [0.25, 0.3) is 11.8 Å². The average Bonchev–Trinajstić information content (AvgIpc) is 3.18. The maximum Gasteiger partial charge on any atom is 0.326 e. The van der Waals surface area contributed by atoms with Crippen molar-refractivity contribution in [2.24, 2.45) is 5.73 Å². The van der Waals surface area contributed by atoms with Crippen LogP contribution < -0.4 is 16.7 Å². The minimum Gasteiger partial charge on any atom is -0.346 e. The second kappa shape index (κ2) is 6.35. The molecule has 0 atom stereocenters. The molecular formula is C16H20F2N4O2. The topological polar surface area (TPSA) is 92.9 Å². The number of rotatable bonds is 5. The van der Waals surface area contributed by atoms with E-state index in [1.165, 1.54) is 12.1 Å². The first-order chi connectivity index (χ1) is 11.4. The standard InChI is InChI=1S/C16H20F2N4O2/c17-16(18,8-19)9-20-14(23)10-5-6-13-12(7-10)21-15(24)22(13)11-3-1-2-4-11/h5-7,11H,1-4,8-9,19H2,(H,20,23)(H,21,24). The number of carbonyl (C=O) groups is 1. The van der Waals surface area contributed by atoms with E-state index in [0.717, 1.165) is 31.2 Å². The summed E-state index contributed by atoms with van der Waals surface area (Å²) in [6, 6.07) is 4.91. The smallest absolute Gasteiger partial charge is 0.326 e. The molecule has 0 bridgehead atoms. The monoisotopic (exact) mass is 338 g/mol. The highest BCUT2D eigenvalue weighted by atomic mass is 19.3. The summed E-state index contributed by atoms with van der Waals surface area (Å²) in [6.45, 7) is -1.65. The number of H-pyrrole nitrogens is 1. The molecular weight excluding hydrogens is 318 g/mol. The molecule has 3 rings (SSSR count). The summed E-state index contributed by atoms with van der Waals surface area (Å²) >= 11 is 0. The molecule has 1 aliphatic rings. The van der Waals surface area contributed by atoms with Crippen molar-refractivity contribution in [1.82, 2.24) is 14.9 Å². The van der Waals surface area contributed by atoms with Crippen molar-refractivity contribution in [2.75, 3.05) is 13.1 Å². The van der Waals surface area contributed by atoms with E-state index in [0.29, 0.717) is 5.52 Å². The SMILES string of the molecule is NCC(F)(F)CNC(=O)c1ccc2c(c1)[nH]c(=O)n2C1CCCC1. The maximum absolute atomic E-state index is 13.1. The van der Waals surface area contributed by atoms with Crippen LogP contribution in [0.2, 0.25) is 0 Å². The molecule has 24 heavy (non-hydrogen) atoms. The Morgan fingerprint density at radius 1 is 1.38 bits per heavy atom. The Balaban J connectivity index is 1.84. The summed E-state index contributed by atoms with van der Waals surface area (Å²) in [5.41, 5.74) is 6.22. The van der Waals surface area contributed by atoms with Crippen molar-refractivity contribution in [3.63, 3.8) is 0 Å². The Kier molecular flexibility index (Phi) is 4.40. The van der Waals surface area contributed by atoms with E-state index in [2.05, 4.69) is 10.3 Å². The van der Waals surface area contributed by atoms with Crippen LogP contribution in [0.1, 0.15) is 42.1 Å². The first kappa shape index (κ1) is 16.6. The van der Waals surface area contributed by atoms with Gasteiger partial charge in [0.05, 0.1) is 24.1 Å². The molecule has 1 aromatic heterocycles. The summed E-state index contributed by atoms with van der Waals surface area (Å²) < 4.78 is 28.0. The predicted octanol–water partition coefficient (Wildman–Crippen LogP) is 1.77. The van der Waals surface area contributed by atoms with Crippen molar-refractivity contribution >= 4 is 16.9 Å². The number of imidazole rings is 1. The van der Waals surface area contributed by atoms with Gasteiger partial charge in [0.2, 0.25) is 0 Å². The first-order valence-electron chi connectivity index (χ1n) is 8.02. The van der Waals surface area contributed by atoms with Crippen LogP contribution in [-0.2, 0) is 0 Å². The van der Waals surface area contributed by atoms with Gasteiger partial charge in [-0.05, 0) is 31.0 Å². The van der Waals surface area contributed by atoms with Gasteiger partial charge in [0, 0.05) is 11.6 Å². The third-order valence-electron chi connectivity index (χ3n) is 4.47. The van der Waals surface area contributed by atoms with E-state index in [-0.39, 0.29) is 17.3 Å². The molecule has 2 aromatic rings. The van der Waals surface area contributed by atoms with Crippen LogP contribution >= 0.6 is 0 Å². The second-order valence-corrected chi connectivity index (χ2v) is 6.21. The number of hydrogen-bond donors (Lipinski definition) is 3. The summed E-state index contributed by atoms with van der Waals surface area (Å²) in [5, 5.41) is 2.16. The van der Waals surface area contributed by atoms with Crippen LogP contribution in [0.5, 0.6) is 0 Å². The van der Waals surface area contributed by atoms with E-state index in [1.54, 1.807) is 10.6 Å². The van der Waals surface area contributed by atoms with Gasteiger partial charge in [0.15, 0.2) is 0 Å².